The summed E-state index contributed by atoms with van der Waals surface area (Å²) in [5, 5.41) is 0. The van der Waals surface area contributed by atoms with Crippen LogP contribution in [0.25, 0.3) is 0 Å². The molecular formula is C12H26O2Ti. The van der Waals surface area contributed by atoms with Crippen LogP contribution < -0.4 is 0 Å². The molecule has 0 aromatic rings. The van der Waals surface area contributed by atoms with Gasteiger partial charge < -0.3 is 0 Å². The van der Waals surface area contributed by atoms with E-state index in [0.29, 0.717) is 0 Å². The van der Waals surface area contributed by atoms with Gasteiger partial charge in [0.05, 0.1) is 0 Å². The van der Waals surface area contributed by atoms with Gasteiger partial charge in [-0.2, -0.15) is 0 Å². The third-order valence-corrected chi connectivity index (χ3v) is 3.32. The van der Waals surface area contributed by atoms with Gasteiger partial charge in [0, 0.05) is 0 Å². The summed E-state index contributed by atoms with van der Waals surface area (Å²) in [4.78, 5) is 0. The first-order valence-electron chi connectivity index (χ1n) is 6.40. The summed E-state index contributed by atoms with van der Waals surface area (Å²) < 4.78 is 11.0. The summed E-state index contributed by atoms with van der Waals surface area (Å²) in [6, 6.07) is 0. The van der Waals surface area contributed by atoms with Crippen LogP contribution in [-0.4, -0.2) is 13.2 Å². The summed E-state index contributed by atoms with van der Waals surface area (Å²) in [6.07, 6.45) is 10.3. The second-order valence-electron chi connectivity index (χ2n) is 3.90. The molecule has 0 aromatic heterocycles. The molecule has 0 spiro atoms. The Morgan fingerprint density at radius 3 is 1.53 bits per heavy atom. The molecule has 0 heterocycles. The summed E-state index contributed by atoms with van der Waals surface area (Å²) >= 11 is -0.543. The fourth-order valence-electron chi connectivity index (χ4n) is 1.33. The molecule has 0 amide bonds. The zero-order valence-electron chi connectivity index (χ0n) is 10.4. The second kappa shape index (κ2) is 14.6. The van der Waals surface area contributed by atoms with Crippen molar-refractivity contribution in [1.82, 2.24) is 0 Å². The van der Waals surface area contributed by atoms with Crippen LogP contribution in [0.3, 0.4) is 0 Å². The first-order chi connectivity index (χ1) is 7.41. The molecule has 0 rings (SSSR count). The molecule has 0 saturated carbocycles. The van der Waals surface area contributed by atoms with Gasteiger partial charge in [0.25, 0.3) is 0 Å². The van der Waals surface area contributed by atoms with Crippen molar-refractivity contribution in [3.8, 4) is 0 Å². The Balaban J connectivity index is 2.81. The number of hydrogen-bond acceptors (Lipinski definition) is 2. The minimum absolute atomic E-state index is 0.543. The van der Waals surface area contributed by atoms with Crippen molar-refractivity contribution < 1.29 is 26.6 Å². The molecule has 15 heavy (non-hydrogen) atoms. The number of hydrogen-bond donors (Lipinski definition) is 0. The molecule has 2 nitrogen and oxygen atoms in total. The molecule has 0 radical (unpaired) electrons. The molecule has 90 valence electrons. The molecule has 0 aliphatic carbocycles. The van der Waals surface area contributed by atoms with Crippen molar-refractivity contribution in [3.05, 3.63) is 0 Å². The number of unbranched alkanes of at least 4 members (excludes halogenated alkanes) is 6. The van der Waals surface area contributed by atoms with Gasteiger partial charge in [-0.1, -0.05) is 0 Å². The van der Waals surface area contributed by atoms with Crippen LogP contribution in [0.5, 0.6) is 0 Å². The van der Waals surface area contributed by atoms with Gasteiger partial charge in [-0.25, -0.2) is 0 Å². The van der Waals surface area contributed by atoms with E-state index in [1.807, 2.05) is 0 Å². The van der Waals surface area contributed by atoms with E-state index in [9.17, 15) is 0 Å². The van der Waals surface area contributed by atoms with Crippen LogP contribution in [0.4, 0.5) is 0 Å². The molecule has 0 saturated heterocycles. The quantitative estimate of drug-likeness (QED) is 0.383. The molecule has 0 bridgehead atoms. The molecule has 0 aliphatic rings. The van der Waals surface area contributed by atoms with Crippen molar-refractivity contribution in [3.63, 3.8) is 0 Å². The normalized spacial score (nSPS) is 10.5. The Hall–Kier alpha value is 0.634. The van der Waals surface area contributed by atoms with Crippen molar-refractivity contribution in [2.75, 3.05) is 13.2 Å². The Morgan fingerprint density at radius 2 is 1.13 bits per heavy atom. The molecule has 0 N–H and O–H groups in total. The summed E-state index contributed by atoms with van der Waals surface area (Å²) in [6.45, 7) is 6.28. The molecule has 0 unspecified atom stereocenters. The molecule has 0 atom stereocenters. The third kappa shape index (κ3) is 14.6. The van der Waals surface area contributed by atoms with E-state index in [2.05, 4.69) is 13.8 Å². The van der Waals surface area contributed by atoms with Gasteiger partial charge in [-0.05, 0) is 0 Å². The van der Waals surface area contributed by atoms with Crippen molar-refractivity contribution >= 4 is 0 Å². The van der Waals surface area contributed by atoms with E-state index in [0.717, 1.165) is 13.2 Å². The van der Waals surface area contributed by atoms with Crippen LogP contribution in [-0.2, 0) is 26.6 Å². The van der Waals surface area contributed by atoms with Crippen LogP contribution in [0.1, 0.15) is 65.2 Å². The van der Waals surface area contributed by atoms with Crippen LogP contribution >= 0.6 is 0 Å². The van der Waals surface area contributed by atoms with Crippen molar-refractivity contribution in [1.29, 1.82) is 0 Å². The van der Waals surface area contributed by atoms with Gasteiger partial charge in [0.15, 0.2) is 0 Å². The Kier molecular flexibility index (Phi) is 15.3. The Bertz CT molecular complexity index is 97.8. The maximum atomic E-state index is 5.49. The molecule has 0 aromatic carbocycles. The van der Waals surface area contributed by atoms with E-state index < -0.39 is 19.9 Å². The average molecular weight is 250 g/mol. The Morgan fingerprint density at radius 1 is 0.667 bits per heavy atom. The van der Waals surface area contributed by atoms with Gasteiger partial charge in [0.1, 0.15) is 0 Å². The average Bonchev–Trinajstić information content (AvgIpc) is 2.26. The van der Waals surface area contributed by atoms with E-state index in [1.165, 1.54) is 51.4 Å². The zero-order valence-corrected chi connectivity index (χ0v) is 11.9. The molecule has 3 heteroatoms. The number of rotatable bonds is 12. The molecular weight excluding hydrogens is 224 g/mol. The van der Waals surface area contributed by atoms with E-state index in [-0.39, 0.29) is 0 Å². The first kappa shape index (κ1) is 15.6. The Labute approximate surface area is 105 Å². The second-order valence-corrected chi connectivity index (χ2v) is 5.06. The van der Waals surface area contributed by atoms with E-state index in [4.69, 9.17) is 6.64 Å². The van der Waals surface area contributed by atoms with E-state index >= 15 is 0 Å². The van der Waals surface area contributed by atoms with E-state index in [1.54, 1.807) is 0 Å². The van der Waals surface area contributed by atoms with Gasteiger partial charge in [-0.15, -0.1) is 0 Å². The van der Waals surface area contributed by atoms with Gasteiger partial charge in [0.2, 0.25) is 0 Å². The maximum absolute atomic E-state index is 5.49. The zero-order chi connectivity index (χ0) is 11.2. The van der Waals surface area contributed by atoms with Gasteiger partial charge in [-0.3, -0.25) is 0 Å². The van der Waals surface area contributed by atoms with Crippen LogP contribution in [0.2, 0.25) is 0 Å². The fourth-order valence-corrected chi connectivity index (χ4v) is 2.17. The van der Waals surface area contributed by atoms with Crippen LogP contribution in [0.15, 0.2) is 0 Å². The fraction of sp³-hybridized carbons (Fsp3) is 1.00. The molecule has 0 aliphatic heterocycles. The van der Waals surface area contributed by atoms with Crippen molar-refractivity contribution in [2.24, 2.45) is 0 Å². The third-order valence-electron chi connectivity index (χ3n) is 2.32. The minimum atomic E-state index is -0.543. The predicted molar refractivity (Wildman–Crippen MR) is 60.2 cm³/mol. The van der Waals surface area contributed by atoms with Crippen LogP contribution in [0, 0.1) is 0 Å². The standard InChI is InChI=1S/2C6H13O.Ti/c2*1-2-3-4-5-6-7;/h2*2-6H2,1H3;/q2*-1;+2. The summed E-state index contributed by atoms with van der Waals surface area (Å²) in [5.41, 5.74) is 0. The summed E-state index contributed by atoms with van der Waals surface area (Å²) in [5.74, 6) is 0. The van der Waals surface area contributed by atoms with Gasteiger partial charge >= 0.3 is 105 Å². The SMILES string of the molecule is CCCCCC[O][Ti][O]CCCCCC. The van der Waals surface area contributed by atoms with Crippen molar-refractivity contribution in [2.45, 2.75) is 65.2 Å². The molecule has 0 fully saturated rings. The predicted octanol–water partition coefficient (Wildman–Crippen LogP) is 4.09. The topological polar surface area (TPSA) is 18.5 Å². The monoisotopic (exact) mass is 250 g/mol. The summed E-state index contributed by atoms with van der Waals surface area (Å²) in [7, 11) is 0. The first-order valence-corrected chi connectivity index (χ1v) is 7.67.